The molecule has 0 rings (SSSR count). The van der Waals surface area contributed by atoms with Gasteiger partial charge in [0, 0.05) is 19.3 Å². The van der Waals surface area contributed by atoms with Gasteiger partial charge in [0.15, 0.2) is 6.10 Å². The average molecular weight is 847 g/mol. The van der Waals surface area contributed by atoms with E-state index in [9.17, 15) is 14.4 Å². The van der Waals surface area contributed by atoms with Gasteiger partial charge < -0.3 is 14.2 Å². The first-order valence-corrected chi connectivity index (χ1v) is 24.7. The maximum absolute atomic E-state index is 12.8. The zero-order chi connectivity index (χ0) is 44.4. The Labute approximate surface area is 375 Å². The number of ether oxygens (including phenoxy) is 3. The standard InChI is InChI=1S/C55H90O6/c1-4-7-10-13-16-19-22-25-27-30-33-36-39-42-45-48-54(57)60-51-52(50-59-53(56)47-44-41-38-35-32-29-24-21-18-15-12-9-6-3)61-55(58)49-46-43-40-37-34-31-28-26-23-20-17-14-11-8-5-2/h7-8,10-12,15-17,19-21,24-28,52H,4-6,9,13-14,18,22-23,29-51H2,1-3H3/b10-7-,11-8-,15-12-,19-16-,20-17-,24-21-,27-25-,28-26-. The van der Waals surface area contributed by atoms with Crippen LogP contribution < -0.4 is 0 Å². The molecule has 0 aromatic heterocycles. The van der Waals surface area contributed by atoms with Gasteiger partial charge in [-0.15, -0.1) is 0 Å². The summed E-state index contributed by atoms with van der Waals surface area (Å²) in [4.78, 5) is 37.9. The van der Waals surface area contributed by atoms with E-state index >= 15 is 0 Å². The number of rotatable bonds is 43. The third kappa shape index (κ3) is 47.2. The molecule has 0 amide bonds. The summed E-state index contributed by atoms with van der Waals surface area (Å²) in [5.74, 6) is -0.952. The summed E-state index contributed by atoms with van der Waals surface area (Å²) >= 11 is 0. The van der Waals surface area contributed by atoms with Crippen LogP contribution in [0.4, 0.5) is 0 Å². The minimum absolute atomic E-state index is 0.0991. The molecule has 0 saturated carbocycles. The van der Waals surface area contributed by atoms with Crippen LogP contribution in [-0.2, 0) is 28.6 Å². The maximum Gasteiger partial charge on any atom is 0.306 e. The zero-order valence-corrected chi connectivity index (χ0v) is 39.4. The molecule has 346 valence electrons. The number of hydrogen-bond acceptors (Lipinski definition) is 6. The Morgan fingerprint density at radius 3 is 1.00 bits per heavy atom. The van der Waals surface area contributed by atoms with E-state index in [2.05, 4.69) is 118 Å². The van der Waals surface area contributed by atoms with Crippen molar-refractivity contribution in [1.82, 2.24) is 0 Å². The van der Waals surface area contributed by atoms with Crippen LogP contribution in [0.3, 0.4) is 0 Å². The van der Waals surface area contributed by atoms with Crippen molar-refractivity contribution in [3.63, 3.8) is 0 Å². The molecule has 0 aliphatic rings. The van der Waals surface area contributed by atoms with Crippen LogP contribution in [0.15, 0.2) is 97.2 Å². The van der Waals surface area contributed by atoms with Crippen LogP contribution >= 0.6 is 0 Å². The molecule has 0 heterocycles. The van der Waals surface area contributed by atoms with E-state index in [1.165, 1.54) is 6.42 Å². The van der Waals surface area contributed by atoms with Gasteiger partial charge in [-0.3, -0.25) is 14.4 Å². The molecule has 6 heteroatoms. The van der Waals surface area contributed by atoms with Crippen molar-refractivity contribution in [3.8, 4) is 0 Å². The first-order chi connectivity index (χ1) is 30.0. The van der Waals surface area contributed by atoms with Gasteiger partial charge in [-0.1, -0.05) is 182 Å². The predicted molar refractivity (Wildman–Crippen MR) is 260 cm³/mol. The second-order valence-electron chi connectivity index (χ2n) is 16.0. The molecule has 1 atom stereocenters. The lowest BCUT2D eigenvalue weighted by Gasteiger charge is -2.18. The monoisotopic (exact) mass is 847 g/mol. The number of allylic oxidation sites excluding steroid dienone is 16. The summed E-state index contributed by atoms with van der Waals surface area (Å²) in [5.41, 5.74) is 0. The Kier molecular flexibility index (Phi) is 46.0. The van der Waals surface area contributed by atoms with E-state index in [1.54, 1.807) is 0 Å². The average Bonchev–Trinajstić information content (AvgIpc) is 3.26. The lowest BCUT2D eigenvalue weighted by molar-refractivity contribution is -0.167. The van der Waals surface area contributed by atoms with E-state index in [0.29, 0.717) is 19.3 Å². The first kappa shape index (κ1) is 57.3. The van der Waals surface area contributed by atoms with E-state index in [4.69, 9.17) is 14.2 Å². The van der Waals surface area contributed by atoms with E-state index in [0.717, 1.165) is 167 Å². The van der Waals surface area contributed by atoms with Crippen LogP contribution in [0.1, 0.15) is 213 Å². The largest absolute Gasteiger partial charge is 0.462 e. The molecule has 6 nitrogen and oxygen atoms in total. The van der Waals surface area contributed by atoms with Crippen molar-refractivity contribution in [3.05, 3.63) is 97.2 Å². The Bertz CT molecular complexity index is 1250. The smallest absolute Gasteiger partial charge is 0.306 e. The SMILES string of the molecule is CC/C=C\C/C=C\C/C=C\CCCCCCCC(=O)OCC(COC(=O)CCCCCCC/C=C\C/C=C\CCC)OC(=O)CCCCCCC/C=C\C/C=C\C/C=C\CC. The van der Waals surface area contributed by atoms with Crippen molar-refractivity contribution in [2.45, 2.75) is 219 Å². The van der Waals surface area contributed by atoms with Crippen molar-refractivity contribution >= 4 is 17.9 Å². The fourth-order valence-electron chi connectivity index (χ4n) is 6.39. The van der Waals surface area contributed by atoms with Gasteiger partial charge in [0.25, 0.3) is 0 Å². The predicted octanol–water partition coefficient (Wildman–Crippen LogP) is 16.2. The van der Waals surface area contributed by atoms with Gasteiger partial charge >= 0.3 is 17.9 Å². The third-order valence-corrected chi connectivity index (χ3v) is 10.0. The van der Waals surface area contributed by atoms with Crippen LogP contribution in [-0.4, -0.2) is 37.2 Å². The Hall–Kier alpha value is -3.67. The molecule has 0 aromatic rings. The highest BCUT2D eigenvalue weighted by molar-refractivity contribution is 5.71. The molecule has 0 saturated heterocycles. The molecule has 0 aliphatic heterocycles. The number of unbranched alkanes of at least 4 members (excludes halogenated alkanes) is 16. The minimum atomic E-state index is -0.800. The lowest BCUT2D eigenvalue weighted by atomic mass is 10.1. The summed E-state index contributed by atoms with van der Waals surface area (Å²) in [5, 5.41) is 0. The van der Waals surface area contributed by atoms with Crippen molar-refractivity contribution < 1.29 is 28.6 Å². The zero-order valence-electron chi connectivity index (χ0n) is 39.4. The van der Waals surface area contributed by atoms with Crippen molar-refractivity contribution in [2.75, 3.05) is 13.2 Å². The highest BCUT2D eigenvalue weighted by atomic mass is 16.6. The second kappa shape index (κ2) is 49.0. The normalized spacial score (nSPS) is 12.9. The summed E-state index contributed by atoms with van der Waals surface area (Å²) in [6.45, 7) is 6.29. The number of carbonyl (C=O) groups excluding carboxylic acids is 3. The number of carbonyl (C=O) groups is 3. The Morgan fingerprint density at radius 1 is 0.344 bits per heavy atom. The Balaban J connectivity index is 4.48. The van der Waals surface area contributed by atoms with Gasteiger partial charge in [-0.25, -0.2) is 0 Å². The molecule has 1 unspecified atom stereocenters. The highest BCUT2D eigenvalue weighted by Crippen LogP contribution is 2.13. The number of hydrogen-bond donors (Lipinski definition) is 0. The van der Waals surface area contributed by atoms with Gasteiger partial charge in [-0.2, -0.15) is 0 Å². The molecule has 0 bridgehead atoms. The summed E-state index contributed by atoms with van der Waals surface area (Å²) in [6.07, 6.45) is 63.8. The number of esters is 3. The van der Waals surface area contributed by atoms with Gasteiger partial charge in [0.05, 0.1) is 0 Å². The Morgan fingerprint density at radius 2 is 0.639 bits per heavy atom. The third-order valence-electron chi connectivity index (χ3n) is 10.0. The molecule has 0 spiro atoms. The van der Waals surface area contributed by atoms with Crippen LogP contribution in [0.25, 0.3) is 0 Å². The molecular formula is C55H90O6. The summed E-state index contributed by atoms with van der Waals surface area (Å²) < 4.78 is 16.7. The molecule has 61 heavy (non-hydrogen) atoms. The molecule has 0 fully saturated rings. The molecule has 0 aliphatic carbocycles. The van der Waals surface area contributed by atoms with E-state index in [-0.39, 0.29) is 31.1 Å². The van der Waals surface area contributed by atoms with Crippen molar-refractivity contribution in [1.29, 1.82) is 0 Å². The van der Waals surface area contributed by atoms with Crippen molar-refractivity contribution in [2.24, 2.45) is 0 Å². The highest BCUT2D eigenvalue weighted by Gasteiger charge is 2.19. The van der Waals surface area contributed by atoms with Crippen LogP contribution in [0, 0.1) is 0 Å². The molecular weight excluding hydrogens is 757 g/mol. The lowest BCUT2D eigenvalue weighted by Crippen LogP contribution is -2.30. The van der Waals surface area contributed by atoms with Crippen LogP contribution in [0.2, 0.25) is 0 Å². The summed E-state index contributed by atoms with van der Waals surface area (Å²) in [7, 11) is 0. The topological polar surface area (TPSA) is 78.9 Å². The first-order valence-electron chi connectivity index (χ1n) is 24.7. The van der Waals surface area contributed by atoms with Gasteiger partial charge in [0.1, 0.15) is 13.2 Å². The molecule has 0 N–H and O–H groups in total. The fourth-order valence-corrected chi connectivity index (χ4v) is 6.39. The molecule has 0 aromatic carbocycles. The van der Waals surface area contributed by atoms with Gasteiger partial charge in [0.2, 0.25) is 0 Å². The summed E-state index contributed by atoms with van der Waals surface area (Å²) in [6, 6.07) is 0. The molecule has 0 radical (unpaired) electrons. The maximum atomic E-state index is 12.8. The second-order valence-corrected chi connectivity index (χ2v) is 16.0. The van der Waals surface area contributed by atoms with E-state index in [1.807, 2.05) is 0 Å². The fraction of sp³-hybridized carbons (Fsp3) is 0.655. The van der Waals surface area contributed by atoms with Gasteiger partial charge in [-0.05, 0) is 109 Å². The minimum Gasteiger partial charge on any atom is -0.462 e. The van der Waals surface area contributed by atoms with E-state index < -0.39 is 6.10 Å². The quantitative estimate of drug-likeness (QED) is 0.0263. The van der Waals surface area contributed by atoms with Crippen LogP contribution in [0.5, 0.6) is 0 Å².